The maximum atomic E-state index is 3.29. The van der Waals surface area contributed by atoms with Gasteiger partial charge in [-0.3, -0.25) is 0 Å². The van der Waals surface area contributed by atoms with Crippen molar-refractivity contribution in [2.75, 3.05) is 13.6 Å². The van der Waals surface area contributed by atoms with Crippen molar-refractivity contribution in [1.29, 1.82) is 0 Å². The third-order valence-electron chi connectivity index (χ3n) is 3.17. The molecule has 0 saturated carbocycles. The second-order valence-electron chi connectivity index (χ2n) is 4.48. The first-order chi connectivity index (χ1) is 6.15. The van der Waals surface area contributed by atoms with Crippen LogP contribution < -0.4 is 5.32 Å². The summed E-state index contributed by atoms with van der Waals surface area (Å²) in [6, 6.07) is 0. The molecule has 13 heavy (non-hydrogen) atoms. The standard InChI is InChI=1S/C12H27N/c1-6-11(9-13-5)8-12(7-2)10(3)4/h10-13H,6-9H2,1-5H3. The van der Waals surface area contributed by atoms with E-state index >= 15 is 0 Å². The summed E-state index contributed by atoms with van der Waals surface area (Å²) < 4.78 is 0. The number of nitrogens with one attached hydrogen (secondary N) is 1. The van der Waals surface area contributed by atoms with Gasteiger partial charge < -0.3 is 5.32 Å². The normalized spacial score (nSPS) is 16.2. The monoisotopic (exact) mass is 185 g/mol. The molecule has 0 spiro atoms. The van der Waals surface area contributed by atoms with E-state index in [-0.39, 0.29) is 0 Å². The average molecular weight is 185 g/mol. The lowest BCUT2D eigenvalue weighted by Crippen LogP contribution is -2.22. The van der Waals surface area contributed by atoms with Gasteiger partial charge in [-0.05, 0) is 37.8 Å². The van der Waals surface area contributed by atoms with Crippen LogP contribution in [0.25, 0.3) is 0 Å². The Labute approximate surface area is 84.3 Å². The van der Waals surface area contributed by atoms with Gasteiger partial charge in [0, 0.05) is 0 Å². The Balaban J connectivity index is 3.87. The van der Waals surface area contributed by atoms with E-state index in [0.717, 1.165) is 17.8 Å². The molecule has 2 atom stereocenters. The Morgan fingerprint density at radius 2 is 1.69 bits per heavy atom. The van der Waals surface area contributed by atoms with Crippen molar-refractivity contribution in [1.82, 2.24) is 5.32 Å². The van der Waals surface area contributed by atoms with Crippen molar-refractivity contribution in [3.63, 3.8) is 0 Å². The van der Waals surface area contributed by atoms with Crippen LogP contribution in [0.3, 0.4) is 0 Å². The molecule has 0 amide bonds. The van der Waals surface area contributed by atoms with Crippen molar-refractivity contribution < 1.29 is 0 Å². The summed E-state index contributed by atoms with van der Waals surface area (Å²) in [5, 5.41) is 3.29. The van der Waals surface area contributed by atoms with Crippen LogP contribution in [0.5, 0.6) is 0 Å². The first-order valence-corrected chi connectivity index (χ1v) is 5.80. The number of hydrogen-bond acceptors (Lipinski definition) is 1. The molecule has 1 heteroatoms. The molecule has 0 aliphatic heterocycles. The van der Waals surface area contributed by atoms with Gasteiger partial charge >= 0.3 is 0 Å². The van der Waals surface area contributed by atoms with Gasteiger partial charge in [-0.1, -0.05) is 40.5 Å². The van der Waals surface area contributed by atoms with Crippen molar-refractivity contribution in [3.05, 3.63) is 0 Å². The molecule has 0 aromatic heterocycles. The van der Waals surface area contributed by atoms with E-state index in [0.29, 0.717) is 0 Å². The van der Waals surface area contributed by atoms with Gasteiger partial charge in [0.2, 0.25) is 0 Å². The van der Waals surface area contributed by atoms with Gasteiger partial charge in [-0.15, -0.1) is 0 Å². The lowest BCUT2D eigenvalue weighted by atomic mass is 9.83. The summed E-state index contributed by atoms with van der Waals surface area (Å²) in [5.74, 6) is 2.63. The molecule has 0 heterocycles. The highest BCUT2D eigenvalue weighted by molar-refractivity contribution is 4.68. The van der Waals surface area contributed by atoms with Gasteiger partial charge in [0.1, 0.15) is 0 Å². The van der Waals surface area contributed by atoms with E-state index < -0.39 is 0 Å². The Hall–Kier alpha value is -0.0400. The molecule has 0 radical (unpaired) electrons. The first kappa shape index (κ1) is 13.0. The van der Waals surface area contributed by atoms with Gasteiger partial charge in [-0.25, -0.2) is 0 Å². The van der Waals surface area contributed by atoms with Crippen molar-refractivity contribution in [2.45, 2.75) is 47.0 Å². The molecule has 0 aliphatic rings. The van der Waals surface area contributed by atoms with Crippen LogP contribution in [0, 0.1) is 17.8 Å². The van der Waals surface area contributed by atoms with E-state index in [1.54, 1.807) is 0 Å². The summed E-state index contributed by atoms with van der Waals surface area (Å²) in [5.41, 5.74) is 0. The fourth-order valence-electron chi connectivity index (χ4n) is 2.02. The highest BCUT2D eigenvalue weighted by Crippen LogP contribution is 2.24. The molecule has 0 bridgehead atoms. The molecular formula is C12H27N. The fourth-order valence-corrected chi connectivity index (χ4v) is 2.02. The Morgan fingerprint density at radius 1 is 1.08 bits per heavy atom. The minimum absolute atomic E-state index is 0.843. The molecule has 0 aromatic carbocycles. The van der Waals surface area contributed by atoms with Gasteiger partial charge in [-0.2, -0.15) is 0 Å². The van der Waals surface area contributed by atoms with Crippen LogP contribution in [0.15, 0.2) is 0 Å². The van der Waals surface area contributed by atoms with E-state index in [1.807, 2.05) is 0 Å². The zero-order valence-corrected chi connectivity index (χ0v) is 10.1. The summed E-state index contributed by atoms with van der Waals surface area (Å²) in [7, 11) is 2.05. The molecule has 0 aromatic rings. The molecule has 80 valence electrons. The SMILES string of the molecule is CCC(CNC)CC(CC)C(C)C. The molecular weight excluding hydrogens is 158 g/mol. The molecule has 2 unspecified atom stereocenters. The Morgan fingerprint density at radius 3 is 2.00 bits per heavy atom. The van der Waals surface area contributed by atoms with Gasteiger partial charge in [0.15, 0.2) is 0 Å². The van der Waals surface area contributed by atoms with Crippen LogP contribution in [-0.2, 0) is 0 Å². The minimum Gasteiger partial charge on any atom is -0.319 e. The quantitative estimate of drug-likeness (QED) is 0.641. The molecule has 1 nitrogen and oxygen atoms in total. The maximum absolute atomic E-state index is 3.29. The highest BCUT2D eigenvalue weighted by Gasteiger charge is 2.15. The highest BCUT2D eigenvalue weighted by atomic mass is 14.8. The van der Waals surface area contributed by atoms with Gasteiger partial charge in [0.25, 0.3) is 0 Å². The second kappa shape index (κ2) is 7.37. The zero-order valence-electron chi connectivity index (χ0n) is 10.1. The summed E-state index contributed by atoms with van der Waals surface area (Å²) in [6.07, 6.45) is 4.04. The Bertz CT molecular complexity index is 110. The largest absolute Gasteiger partial charge is 0.319 e. The van der Waals surface area contributed by atoms with E-state index in [1.165, 1.54) is 25.8 Å². The van der Waals surface area contributed by atoms with Crippen LogP contribution in [0.1, 0.15) is 47.0 Å². The molecule has 0 fully saturated rings. The van der Waals surface area contributed by atoms with E-state index in [9.17, 15) is 0 Å². The summed E-state index contributed by atoms with van der Waals surface area (Å²) >= 11 is 0. The first-order valence-electron chi connectivity index (χ1n) is 5.80. The lowest BCUT2D eigenvalue weighted by molar-refractivity contribution is 0.280. The minimum atomic E-state index is 0.843. The van der Waals surface area contributed by atoms with Crippen LogP contribution >= 0.6 is 0 Å². The topological polar surface area (TPSA) is 12.0 Å². The smallest absolute Gasteiger partial charge is 0.00235 e. The predicted molar refractivity (Wildman–Crippen MR) is 60.9 cm³/mol. The van der Waals surface area contributed by atoms with E-state index in [2.05, 4.69) is 40.1 Å². The Kier molecular flexibility index (Phi) is 7.35. The second-order valence-corrected chi connectivity index (χ2v) is 4.48. The van der Waals surface area contributed by atoms with Gasteiger partial charge in [0.05, 0.1) is 0 Å². The summed E-state index contributed by atoms with van der Waals surface area (Å²) in [4.78, 5) is 0. The van der Waals surface area contributed by atoms with Crippen LogP contribution in [-0.4, -0.2) is 13.6 Å². The van der Waals surface area contributed by atoms with Crippen molar-refractivity contribution in [2.24, 2.45) is 17.8 Å². The molecule has 1 N–H and O–H groups in total. The maximum Gasteiger partial charge on any atom is -0.00235 e. The zero-order chi connectivity index (χ0) is 10.3. The predicted octanol–water partition coefficient (Wildman–Crippen LogP) is 3.30. The average Bonchev–Trinajstić information content (AvgIpc) is 2.11. The molecule has 0 aliphatic carbocycles. The van der Waals surface area contributed by atoms with Crippen molar-refractivity contribution >= 4 is 0 Å². The lowest BCUT2D eigenvalue weighted by Gasteiger charge is -2.24. The number of hydrogen-bond donors (Lipinski definition) is 1. The molecule has 0 rings (SSSR count). The third kappa shape index (κ3) is 5.30. The fraction of sp³-hybridized carbons (Fsp3) is 1.00. The number of rotatable bonds is 7. The van der Waals surface area contributed by atoms with Crippen molar-refractivity contribution in [3.8, 4) is 0 Å². The van der Waals surface area contributed by atoms with Crippen LogP contribution in [0.4, 0.5) is 0 Å². The molecule has 0 saturated heterocycles. The van der Waals surface area contributed by atoms with Crippen LogP contribution in [0.2, 0.25) is 0 Å². The summed E-state index contributed by atoms with van der Waals surface area (Å²) in [6.45, 7) is 10.5. The third-order valence-corrected chi connectivity index (χ3v) is 3.17. The van der Waals surface area contributed by atoms with E-state index in [4.69, 9.17) is 0 Å².